The summed E-state index contributed by atoms with van der Waals surface area (Å²) in [4.78, 5) is 23.1. The largest absolute Gasteiger partial charge is 0.487 e. The minimum absolute atomic E-state index is 0.0933. The van der Waals surface area contributed by atoms with Crippen LogP contribution >= 0.6 is 11.6 Å². The van der Waals surface area contributed by atoms with Crippen LogP contribution in [0.1, 0.15) is 26.0 Å². The average molecular weight is 287 g/mol. The Kier molecular flexibility index (Phi) is 5.89. The maximum atomic E-state index is 11.7. The monoisotopic (exact) mass is 286 g/mol. The van der Waals surface area contributed by atoms with Crippen molar-refractivity contribution < 1.29 is 9.53 Å². The molecule has 1 rings (SSSR count). The molecule has 0 aromatic carbocycles. The number of carbonyl (C=O) groups excluding carboxylic acids is 1. The van der Waals surface area contributed by atoms with Gasteiger partial charge in [-0.2, -0.15) is 0 Å². The lowest BCUT2D eigenvalue weighted by molar-refractivity contribution is -0.122. The van der Waals surface area contributed by atoms with Crippen LogP contribution in [-0.4, -0.2) is 23.1 Å². The standard InChI is InChI=1S/C13H19ClN2O3/c1-9(2)15-13(18)4-5-19-12-8-16(3)10(7-14)6-11(12)17/h6,8-9H,4-5,7H2,1-3H3,(H,15,18). The molecule has 0 fully saturated rings. The van der Waals surface area contributed by atoms with Crippen molar-refractivity contribution in [2.75, 3.05) is 6.61 Å². The number of nitrogens with one attached hydrogen (secondary N) is 1. The van der Waals surface area contributed by atoms with Gasteiger partial charge in [0.05, 0.1) is 25.1 Å². The second-order valence-corrected chi connectivity index (χ2v) is 4.83. The summed E-state index contributed by atoms with van der Waals surface area (Å²) in [6.45, 7) is 3.95. The molecule has 106 valence electrons. The average Bonchev–Trinajstić information content (AvgIpc) is 2.32. The molecule has 0 aliphatic rings. The first-order chi connectivity index (χ1) is 8.93. The lowest BCUT2D eigenvalue weighted by Crippen LogP contribution is -2.31. The molecule has 0 unspecified atom stereocenters. The van der Waals surface area contributed by atoms with E-state index >= 15 is 0 Å². The zero-order chi connectivity index (χ0) is 14.4. The quantitative estimate of drug-likeness (QED) is 0.805. The normalized spacial score (nSPS) is 10.6. The molecular formula is C13H19ClN2O3. The number of ether oxygens (including phenoxy) is 1. The van der Waals surface area contributed by atoms with E-state index in [0.717, 1.165) is 5.69 Å². The number of carbonyl (C=O) groups is 1. The van der Waals surface area contributed by atoms with Crippen LogP contribution in [0, 0.1) is 0 Å². The zero-order valence-electron chi connectivity index (χ0n) is 11.4. The molecule has 0 atom stereocenters. The number of amides is 1. The highest BCUT2D eigenvalue weighted by atomic mass is 35.5. The molecular weight excluding hydrogens is 268 g/mol. The van der Waals surface area contributed by atoms with Crippen LogP contribution in [-0.2, 0) is 17.7 Å². The van der Waals surface area contributed by atoms with E-state index in [0.29, 0.717) is 0 Å². The third-order valence-corrected chi connectivity index (χ3v) is 2.75. The minimum Gasteiger partial charge on any atom is -0.487 e. The molecule has 19 heavy (non-hydrogen) atoms. The van der Waals surface area contributed by atoms with Crippen LogP contribution in [0.5, 0.6) is 5.75 Å². The topological polar surface area (TPSA) is 60.3 Å². The zero-order valence-corrected chi connectivity index (χ0v) is 12.2. The predicted molar refractivity (Wildman–Crippen MR) is 74.6 cm³/mol. The maximum Gasteiger partial charge on any atom is 0.223 e. The highest BCUT2D eigenvalue weighted by molar-refractivity contribution is 6.16. The lowest BCUT2D eigenvalue weighted by Gasteiger charge is -2.11. The van der Waals surface area contributed by atoms with Gasteiger partial charge in [-0.3, -0.25) is 9.59 Å². The van der Waals surface area contributed by atoms with Crippen LogP contribution in [0.2, 0.25) is 0 Å². The smallest absolute Gasteiger partial charge is 0.223 e. The van der Waals surface area contributed by atoms with Gasteiger partial charge in [0.1, 0.15) is 0 Å². The number of aryl methyl sites for hydroxylation is 1. The first-order valence-corrected chi connectivity index (χ1v) is 6.65. The first kappa shape index (κ1) is 15.6. The third-order valence-electron chi connectivity index (χ3n) is 2.48. The molecule has 0 bridgehead atoms. The summed E-state index contributed by atoms with van der Waals surface area (Å²) in [5, 5.41) is 2.75. The molecule has 6 heteroatoms. The van der Waals surface area contributed by atoms with Gasteiger partial charge in [0.25, 0.3) is 0 Å². The molecule has 0 spiro atoms. The fourth-order valence-corrected chi connectivity index (χ4v) is 1.80. The summed E-state index contributed by atoms with van der Waals surface area (Å²) in [5.41, 5.74) is 0.495. The van der Waals surface area contributed by atoms with E-state index in [4.69, 9.17) is 16.3 Å². The molecule has 1 amide bonds. The molecule has 5 nitrogen and oxygen atoms in total. The summed E-state index contributed by atoms with van der Waals surface area (Å²) < 4.78 is 7.07. The Hall–Kier alpha value is -1.49. The van der Waals surface area contributed by atoms with E-state index in [-0.39, 0.29) is 42.0 Å². The lowest BCUT2D eigenvalue weighted by atomic mass is 10.3. The number of hydrogen-bond donors (Lipinski definition) is 1. The Bertz CT molecular complexity index is 497. The number of pyridine rings is 1. The van der Waals surface area contributed by atoms with Gasteiger partial charge >= 0.3 is 0 Å². The predicted octanol–water partition coefficient (Wildman–Crippen LogP) is 1.42. The van der Waals surface area contributed by atoms with E-state index in [9.17, 15) is 9.59 Å². The molecule has 1 aromatic rings. The fourth-order valence-electron chi connectivity index (χ4n) is 1.54. The molecule has 1 N–H and O–H groups in total. The summed E-state index contributed by atoms with van der Waals surface area (Å²) in [6, 6.07) is 1.54. The number of halogens is 1. The van der Waals surface area contributed by atoms with E-state index in [1.165, 1.54) is 6.07 Å². The summed E-state index contributed by atoms with van der Waals surface area (Å²) in [6.07, 6.45) is 1.80. The van der Waals surface area contributed by atoms with E-state index in [1.54, 1.807) is 17.8 Å². The number of aromatic nitrogens is 1. The Balaban J connectivity index is 2.57. The van der Waals surface area contributed by atoms with Gasteiger partial charge in [-0.1, -0.05) is 0 Å². The maximum absolute atomic E-state index is 11.7. The van der Waals surface area contributed by atoms with Gasteiger partial charge in [0, 0.05) is 24.8 Å². The van der Waals surface area contributed by atoms with Crippen molar-refractivity contribution in [1.82, 2.24) is 9.88 Å². The van der Waals surface area contributed by atoms with E-state index in [1.807, 2.05) is 13.8 Å². The summed E-state index contributed by atoms with van der Waals surface area (Å²) >= 11 is 5.70. The van der Waals surface area contributed by atoms with Crippen molar-refractivity contribution in [3.63, 3.8) is 0 Å². The van der Waals surface area contributed by atoms with Crippen LogP contribution in [0.25, 0.3) is 0 Å². The van der Waals surface area contributed by atoms with Gasteiger partial charge in [0.15, 0.2) is 5.75 Å². The fraction of sp³-hybridized carbons (Fsp3) is 0.538. The van der Waals surface area contributed by atoms with E-state index < -0.39 is 0 Å². The van der Waals surface area contributed by atoms with Crippen LogP contribution < -0.4 is 15.5 Å². The van der Waals surface area contributed by atoms with Gasteiger partial charge in [-0.25, -0.2) is 0 Å². The highest BCUT2D eigenvalue weighted by Gasteiger charge is 2.07. The molecule has 0 saturated carbocycles. The highest BCUT2D eigenvalue weighted by Crippen LogP contribution is 2.07. The molecule has 1 aromatic heterocycles. The second-order valence-electron chi connectivity index (χ2n) is 4.56. The van der Waals surface area contributed by atoms with Crippen molar-refractivity contribution in [1.29, 1.82) is 0 Å². The van der Waals surface area contributed by atoms with Crippen LogP contribution in [0.3, 0.4) is 0 Å². The molecule has 0 radical (unpaired) electrons. The summed E-state index contributed by atoms with van der Waals surface area (Å²) in [7, 11) is 1.79. The van der Waals surface area contributed by atoms with E-state index in [2.05, 4.69) is 5.32 Å². The molecule has 1 heterocycles. The number of hydrogen-bond acceptors (Lipinski definition) is 3. The Morgan fingerprint density at radius 1 is 1.53 bits per heavy atom. The van der Waals surface area contributed by atoms with Gasteiger partial charge in [0.2, 0.25) is 11.3 Å². The van der Waals surface area contributed by atoms with Crippen molar-refractivity contribution in [3.8, 4) is 5.75 Å². The number of alkyl halides is 1. The number of rotatable bonds is 6. The minimum atomic E-state index is -0.224. The van der Waals surface area contributed by atoms with Crippen molar-refractivity contribution in [2.24, 2.45) is 7.05 Å². The SMILES string of the molecule is CC(C)NC(=O)CCOc1cn(C)c(CCl)cc1=O. The Morgan fingerprint density at radius 2 is 2.21 bits per heavy atom. The number of nitrogens with zero attached hydrogens (tertiary/aromatic N) is 1. The molecule has 0 saturated heterocycles. The van der Waals surface area contributed by atoms with Gasteiger partial charge < -0.3 is 14.6 Å². The van der Waals surface area contributed by atoms with Gasteiger partial charge in [-0.05, 0) is 13.8 Å². The van der Waals surface area contributed by atoms with Crippen LogP contribution in [0.15, 0.2) is 17.1 Å². The molecule has 0 aliphatic carbocycles. The second kappa shape index (κ2) is 7.19. The third kappa shape index (κ3) is 4.95. The Morgan fingerprint density at radius 3 is 2.79 bits per heavy atom. The Labute approximate surface area is 117 Å². The van der Waals surface area contributed by atoms with Crippen LogP contribution in [0.4, 0.5) is 0 Å². The van der Waals surface area contributed by atoms with Crippen molar-refractivity contribution in [2.45, 2.75) is 32.2 Å². The summed E-state index contributed by atoms with van der Waals surface area (Å²) in [5.74, 6) is 0.404. The first-order valence-electron chi connectivity index (χ1n) is 6.11. The van der Waals surface area contributed by atoms with Crippen molar-refractivity contribution >= 4 is 17.5 Å². The molecule has 0 aliphatic heterocycles. The van der Waals surface area contributed by atoms with Gasteiger partial charge in [-0.15, -0.1) is 11.6 Å². The van der Waals surface area contributed by atoms with Crippen molar-refractivity contribution in [3.05, 3.63) is 28.2 Å².